The second kappa shape index (κ2) is 5.05. The zero-order chi connectivity index (χ0) is 14.2. The van der Waals surface area contributed by atoms with E-state index in [9.17, 15) is 4.79 Å². The van der Waals surface area contributed by atoms with E-state index in [4.69, 9.17) is 4.42 Å². The summed E-state index contributed by atoms with van der Waals surface area (Å²) < 4.78 is 5.29. The van der Waals surface area contributed by atoms with Gasteiger partial charge in [-0.25, -0.2) is 4.98 Å². The summed E-state index contributed by atoms with van der Waals surface area (Å²) >= 11 is 1.43. The summed E-state index contributed by atoms with van der Waals surface area (Å²) in [5.41, 5.74) is 0.811. The third-order valence-corrected chi connectivity index (χ3v) is 4.63. The van der Waals surface area contributed by atoms with Gasteiger partial charge in [-0.05, 0) is 36.8 Å². The number of furan rings is 1. The van der Waals surface area contributed by atoms with Crippen molar-refractivity contribution in [1.82, 2.24) is 10.3 Å². The fourth-order valence-corrected chi connectivity index (χ4v) is 3.48. The summed E-state index contributed by atoms with van der Waals surface area (Å²) in [5.74, 6) is 0.623. The third-order valence-electron chi connectivity index (χ3n) is 3.77. The summed E-state index contributed by atoms with van der Waals surface area (Å²) in [6.07, 6.45) is 4.85. The van der Waals surface area contributed by atoms with E-state index < -0.39 is 0 Å². The van der Waals surface area contributed by atoms with Crippen molar-refractivity contribution in [3.05, 3.63) is 29.5 Å². The molecule has 0 bridgehead atoms. The SMILES string of the molecule is CC1(C)CCC(NC(=O)c2csc(-c3ccco3)n2)C1. The topological polar surface area (TPSA) is 55.1 Å². The lowest BCUT2D eigenvalue weighted by Crippen LogP contribution is -2.33. The van der Waals surface area contributed by atoms with Crippen LogP contribution in [0.1, 0.15) is 43.6 Å². The maximum Gasteiger partial charge on any atom is 0.270 e. The largest absolute Gasteiger partial charge is 0.462 e. The Balaban J connectivity index is 1.66. The zero-order valence-corrected chi connectivity index (χ0v) is 12.5. The van der Waals surface area contributed by atoms with Crippen LogP contribution in [0.25, 0.3) is 10.8 Å². The van der Waals surface area contributed by atoms with Gasteiger partial charge in [-0.1, -0.05) is 13.8 Å². The summed E-state index contributed by atoms with van der Waals surface area (Å²) in [6, 6.07) is 3.93. The van der Waals surface area contributed by atoms with Crippen molar-refractivity contribution in [2.75, 3.05) is 0 Å². The van der Waals surface area contributed by atoms with Gasteiger partial charge in [-0.2, -0.15) is 0 Å². The highest BCUT2D eigenvalue weighted by Gasteiger charge is 2.32. The summed E-state index contributed by atoms with van der Waals surface area (Å²) in [5, 5.41) is 5.61. The molecule has 0 spiro atoms. The summed E-state index contributed by atoms with van der Waals surface area (Å²) in [6.45, 7) is 4.49. The molecule has 1 atom stereocenters. The Morgan fingerprint density at radius 2 is 2.40 bits per heavy atom. The van der Waals surface area contributed by atoms with Crippen LogP contribution >= 0.6 is 11.3 Å². The maximum absolute atomic E-state index is 12.2. The summed E-state index contributed by atoms with van der Waals surface area (Å²) in [4.78, 5) is 16.5. The number of hydrogen-bond acceptors (Lipinski definition) is 4. The highest BCUT2D eigenvalue weighted by molar-refractivity contribution is 7.13. The molecule has 1 saturated carbocycles. The Morgan fingerprint density at radius 3 is 3.05 bits per heavy atom. The highest BCUT2D eigenvalue weighted by Crippen LogP contribution is 2.37. The molecule has 3 rings (SSSR count). The highest BCUT2D eigenvalue weighted by atomic mass is 32.1. The molecule has 1 fully saturated rings. The number of hydrogen-bond donors (Lipinski definition) is 1. The Hall–Kier alpha value is -1.62. The van der Waals surface area contributed by atoms with Gasteiger partial charge in [0.1, 0.15) is 5.69 Å². The molecule has 0 radical (unpaired) electrons. The van der Waals surface area contributed by atoms with Gasteiger partial charge in [0.2, 0.25) is 0 Å². The van der Waals surface area contributed by atoms with Crippen LogP contribution in [0.4, 0.5) is 0 Å². The van der Waals surface area contributed by atoms with Crippen molar-refractivity contribution in [3.63, 3.8) is 0 Å². The average molecular weight is 290 g/mol. The molecule has 5 heteroatoms. The van der Waals surface area contributed by atoms with Crippen LogP contribution in [0, 0.1) is 5.41 Å². The fourth-order valence-electron chi connectivity index (χ4n) is 2.71. The van der Waals surface area contributed by atoms with Crippen molar-refractivity contribution >= 4 is 17.2 Å². The Kier molecular flexibility index (Phi) is 3.38. The number of nitrogens with one attached hydrogen (secondary N) is 1. The first-order chi connectivity index (χ1) is 9.53. The molecule has 106 valence electrons. The minimum absolute atomic E-state index is 0.0817. The molecule has 20 heavy (non-hydrogen) atoms. The molecule has 0 aromatic carbocycles. The van der Waals surface area contributed by atoms with Crippen LogP contribution < -0.4 is 5.32 Å². The van der Waals surface area contributed by atoms with E-state index in [0.29, 0.717) is 16.9 Å². The Bertz CT molecular complexity index is 601. The molecule has 0 saturated heterocycles. The number of thiazole rings is 1. The maximum atomic E-state index is 12.2. The first kappa shape index (κ1) is 13.4. The second-order valence-electron chi connectivity index (χ2n) is 6.09. The van der Waals surface area contributed by atoms with Gasteiger partial charge in [0.05, 0.1) is 6.26 Å². The van der Waals surface area contributed by atoms with Crippen LogP contribution in [-0.2, 0) is 0 Å². The summed E-state index contributed by atoms with van der Waals surface area (Å²) in [7, 11) is 0. The van der Waals surface area contributed by atoms with E-state index in [1.54, 1.807) is 11.6 Å². The number of rotatable bonds is 3. The standard InChI is InChI=1S/C15H18N2O2S/c1-15(2)6-5-10(8-15)16-13(18)11-9-20-14(17-11)12-4-3-7-19-12/h3-4,7,9-10H,5-6,8H2,1-2H3,(H,16,18). The fraction of sp³-hybridized carbons (Fsp3) is 0.467. The molecule has 1 aliphatic carbocycles. The predicted molar refractivity (Wildman–Crippen MR) is 78.7 cm³/mol. The molecular formula is C15H18N2O2S. The van der Waals surface area contributed by atoms with Crippen LogP contribution in [-0.4, -0.2) is 16.9 Å². The molecular weight excluding hydrogens is 272 g/mol. The normalized spacial score (nSPS) is 21.0. The van der Waals surface area contributed by atoms with E-state index in [1.165, 1.54) is 11.3 Å². The lowest BCUT2D eigenvalue weighted by atomic mass is 9.92. The minimum atomic E-state index is -0.0817. The van der Waals surface area contributed by atoms with Gasteiger partial charge in [-0.3, -0.25) is 4.79 Å². The van der Waals surface area contributed by atoms with Gasteiger partial charge in [0.25, 0.3) is 5.91 Å². The quantitative estimate of drug-likeness (QED) is 0.937. The molecule has 0 aliphatic heterocycles. The Labute approximate surface area is 122 Å². The molecule has 2 heterocycles. The van der Waals surface area contributed by atoms with Crippen LogP contribution in [0.5, 0.6) is 0 Å². The van der Waals surface area contributed by atoms with Crippen molar-refractivity contribution < 1.29 is 9.21 Å². The zero-order valence-electron chi connectivity index (χ0n) is 11.7. The molecule has 4 nitrogen and oxygen atoms in total. The first-order valence-corrected chi connectivity index (χ1v) is 7.72. The molecule has 1 amide bonds. The monoisotopic (exact) mass is 290 g/mol. The number of nitrogens with zero attached hydrogens (tertiary/aromatic N) is 1. The first-order valence-electron chi connectivity index (χ1n) is 6.84. The van der Waals surface area contributed by atoms with Gasteiger partial charge in [0, 0.05) is 11.4 Å². The van der Waals surface area contributed by atoms with E-state index >= 15 is 0 Å². The molecule has 2 aromatic rings. The van der Waals surface area contributed by atoms with Crippen LogP contribution in [0.2, 0.25) is 0 Å². The number of amides is 1. The van der Waals surface area contributed by atoms with Crippen LogP contribution in [0.3, 0.4) is 0 Å². The van der Waals surface area contributed by atoms with E-state index in [2.05, 4.69) is 24.1 Å². The number of carbonyl (C=O) groups excluding carboxylic acids is 1. The van der Waals surface area contributed by atoms with Gasteiger partial charge >= 0.3 is 0 Å². The van der Waals surface area contributed by atoms with E-state index in [-0.39, 0.29) is 11.9 Å². The number of carbonyl (C=O) groups is 1. The molecule has 1 aliphatic rings. The third kappa shape index (κ3) is 2.77. The lowest BCUT2D eigenvalue weighted by Gasteiger charge is -2.17. The molecule has 2 aromatic heterocycles. The van der Waals surface area contributed by atoms with Crippen molar-refractivity contribution in [1.29, 1.82) is 0 Å². The lowest BCUT2D eigenvalue weighted by molar-refractivity contribution is 0.0931. The predicted octanol–water partition coefficient (Wildman–Crippen LogP) is 3.71. The molecule has 1 unspecified atom stereocenters. The van der Waals surface area contributed by atoms with E-state index in [0.717, 1.165) is 24.3 Å². The average Bonchev–Trinajstić information content (AvgIpc) is 3.08. The van der Waals surface area contributed by atoms with Crippen molar-refractivity contribution in [2.45, 2.75) is 39.2 Å². The van der Waals surface area contributed by atoms with Gasteiger partial charge in [-0.15, -0.1) is 11.3 Å². The van der Waals surface area contributed by atoms with Crippen molar-refractivity contribution in [2.24, 2.45) is 5.41 Å². The molecule has 1 N–H and O–H groups in total. The second-order valence-corrected chi connectivity index (χ2v) is 6.95. The van der Waals surface area contributed by atoms with Gasteiger partial charge in [0.15, 0.2) is 10.8 Å². The number of aromatic nitrogens is 1. The Morgan fingerprint density at radius 1 is 1.55 bits per heavy atom. The van der Waals surface area contributed by atoms with Crippen LogP contribution in [0.15, 0.2) is 28.2 Å². The minimum Gasteiger partial charge on any atom is -0.462 e. The van der Waals surface area contributed by atoms with E-state index in [1.807, 2.05) is 12.1 Å². The van der Waals surface area contributed by atoms with Crippen molar-refractivity contribution in [3.8, 4) is 10.8 Å². The van der Waals surface area contributed by atoms with Gasteiger partial charge < -0.3 is 9.73 Å². The smallest absolute Gasteiger partial charge is 0.270 e.